The molecule has 0 aromatic carbocycles. The zero-order valence-electron chi connectivity index (χ0n) is 18.0. The molecule has 29 heavy (non-hydrogen) atoms. The Morgan fingerprint density at radius 3 is 2.41 bits per heavy atom. The minimum atomic E-state index is -0.408. The van der Waals surface area contributed by atoms with E-state index in [1.54, 1.807) is 11.6 Å². The molecule has 0 N–H and O–H groups in total. The van der Waals surface area contributed by atoms with Crippen molar-refractivity contribution < 1.29 is 9.53 Å². The zero-order valence-corrected chi connectivity index (χ0v) is 18.0. The lowest BCUT2D eigenvalue weighted by Gasteiger charge is -2.31. The van der Waals surface area contributed by atoms with E-state index in [1.165, 1.54) is 11.6 Å². The third-order valence-corrected chi connectivity index (χ3v) is 5.61. The topological polar surface area (TPSA) is 91.4 Å². The molecule has 9 heteroatoms. The van der Waals surface area contributed by atoms with Crippen molar-refractivity contribution in [3.63, 3.8) is 0 Å². The van der Waals surface area contributed by atoms with Gasteiger partial charge in [-0.2, -0.15) is 4.98 Å². The summed E-state index contributed by atoms with van der Waals surface area (Å²) < 4.78 is 10.5. The molecular formula is C20H31N5O4. The Bertz CT molecular complexity index is 1010. The number of piperidine rings is 1. The summed E-state index contributed by atoms with van der Waals surface area (Å²) in [4.78, 5) is 43.4. The first-order valence-electron chi connectivity index (χ1n) is 10.3. The van der Waals surface area contributed by atoms with Crippen LogP contribution in [0.1, 0.15) is 46.5 Å². The molecule has 1 aliphatic heterocycles. The van der Waals surface area contributed by atoms with Crippen LogP contribution in [0.5, 0.6) is 6.01 Å². The van der Waals surface area contributed by atoms with E-state index in [2.05, 4.69) is 18.8 Å². The molecule has 0 atom stereocenters. The third-order valence-electron chi connectivity index (χ3n) is 5.61. The van der Waals surface area contributed by atoms with Crippen LogP contribution in [0.15, 0.2) is 9.59 Å². The molecule has 0 radical (unpaired) electrons. The Balaban J connectivity index is 1.95. The van der Waals surface area contributed by atoms with Crippen molar-refractivity contribution in [2.24, 2.45) is 20.0 Å². The smallest absolute Gasteiger partial charge is 0.332 e. The Labute approximate surface area is 169 Å². The van der Waals surface area contributed by atoms with Gasteiger partial charge in [0.25, 0.3) is 11.6 Å². The van der Waals surface area contributed by atoms with Gasteiger partial charge < -0.3 is 9.64 Å². The zero-order chi connectivity index (χ0) is 21.3. The van der Waals surface area contributed by atoms with Gasteiger partial charge in [-0.1, -0.05) is 20.8 Å². The fourth-order valence-corrected chi connectivity index (χ4v) is 3.71. The van der Waals surface area contributed by atoms with E-state index in [4.69, 9.17) is 4.74 Å². The van der Waals surface area contributed by atoms with E-state index in [9.17, 15) is 14.4 Å². The number of likely N-dealkylation sites (tertiary alicyclic amines) is 1. The molecule has 0 spiro atoms. The normalized spacial score (nSPS) is 15.4. The predicted octanol–water partition coefficient (Wildman–Crippen LogP) is 1.26. The molecule has 160 valence electrons. The van der Waals surface area contributed by atoms with E-state index in [0.717, 1.165) is 23.8 Å². The molecule has 2 aromatic heterocycles. The summed E-state index contributed by atoms with van der Waals surface area (Å²) in [6.07, 6.45) is 2.73. The molecule has 3 rings (SSSR count). The highest BCUT2D eigenvalue weighted by Gasteiger charge is 2.26. The minimum absolute atomic E-state index is 0.0774. The lowest BCUT2D eigenvalue weighted by Crippen LogP contribution is -2.41. The molecule has 9 nitrogen and oxygen atoms in total. The fraction of sp³-hybridized carbons (Fsp3) is 0.700. The number of rotatable bonds is 6. The first kappa shape index (κ1) is 21.1. The van der Waals surface area contributed by atoms with Gasteiger partial charge in [-0.15, -0.1) is 0 Å². The minimum Gasteiger partial charge on any atom is -0.461 e. The predicted molar refractivity (Wildman–Crippen MR) is 110 cm³/mol. The van der Waals surface area contributed by atoms with Crippen molar-refractivity contribution in [2.45, 2.75) is 59.1 Å². The van der Waals surface area contributed by atoms with Crippen LogP contribution < -0.4 is 16.0 Å². The standard InChI is InChI=1S/C20H31N5O4/c1-6-15(26)24-10-8-14(9-11-24)29-19-21-17-16(25(19)12-7-13(2)3)18(27)23(5)20(28)22(17)4/h13-14H,6-12H2,1-5H3. The molecule has 1 fully saturated rings. The monoisotopic (exact) mass is 405 g/mol. The number of hydrogen-bond acceptors (Lipinski definition) is 5. The summed E-state index contributed by atoms with van der Waals surface area (Å²) in [6, 6.07) is 0.374. The Morgan fingerprint density at radius 1 is 1.17 bits per heavy atom. The largest absolute Gasteiger partial charge is 0.461 e. The number of amides is 1. The SMILES string of the molecule is CCC(=O)N1CCC(Oc2nc3c(c(=O)n(C)c(=O)n3C)n2CCC(C)C)CC1. The molecule has 0 unspecified atom stereocenters. The van der Waals surface area contributed by atoms with Crippen molar-refractivity contribution in [3.8, 4) is 6.01 Å². The fourth-order valence-electron chi connectivity index (χ4n) is 3.71. The van der Waals surface area contributed by atoms with E-state index >= 15 is 0 Å². The Kier molecular flexibility index (Phi) is 6.14. The molecular weight excluding hydrogens is 374 g/mol. The van der Waals surface area contributed by atoms with Gasteiger partial charge in [0, 0.05) is 53.0 Å². The van der Waals surface area contributed by atoms with Crippen LogP contribution in [-0.2, 0) is 25.4 Å². The molecule has 2 aromatic rings. The first-order chi connectivity index (χ1) is 13.7. The van der Waals surface area contributed by atoms with Crippen LogP contribution in [0.25, 0.3) is 11.2 Å². The van der Waals surface area contributed by atoms with Crippen LogP contribution in [-0.4, -0.2) is 48.7 Å². The summed E-state index contributed by atoms with van der Waals surface area (Å²) in [5.41, 5.74) is -0.0363. The molecule has 0 bridgehead atoms. The summed E-state index contributed by atoms with van der Waals surface area (Å²) >= 11 is 0. The van der Waals surface area contributed by atoms with Crippen LogP contribution in [0, 0.1) is 5.92 Å². The second-order valence-electron chi connectivity index (χ2n) is 8.16. The van der Waals surface area contributed by atoms with Gasteiger partial charge in [0.1, 0.15) is 6.10 Å². The lowest BCUT2D eigenvalue weighted by molar-refractivity contribution is -0.132. The maximum Gasteiger partial charge on any atom is 0.332 e. The summed E-state index contributed by atoms with van der Waals surface area (Å²) in [5.74, 6) is 0.603. The van der Waals surface area contributed by atoms with Crippen molar-refractivity contribution in [3.05, 3.63) is 20.8 Å². The van der Waals surface area contributed by atoms with E-state index in [-0.39, 0.29) is 17.6 Å². The number of nitrogens with zero attached hydrogens (tertiary/aromatic N) is 5. The van der Waals surface area contributed by atoms with Crippen LogP contribution >= 0.6 is 0 Å². The van der Waals surface area contributed by atoms with Crippen molar-refractivity contribution in [1.29, 1.82) is 0 Å². The molecule has 3 heterocycles. The highest BCUT2D eigenvalue weighted by molar-refractivity contribution is 5.75. The van der Waals surface area contributed by atoms with Crippen molar-refractivity contribution in [1.82, 2.24) is 23.6 Å². The number of carbonyl (C=O) groups is 1. The van der Waals surface area contributed by atoms with E-state index < -0.39 is 5.69 Å². The highest BCUT2D eigenvalue weighted by atomic mass is 16.5. The molecule has 1 aliphatic rings. The number of aryl methyl sites for hydroxylation is 2. The van der Waals surface area contributed by atoms with Gasteiger partial charge in [0.05, 0.1) is 0 Å². The average molecular weight is 405 g/mol. The Morgan fingerprint density at radius 2 is 1.83 bits per heavy atom. The molecule has 1 amide bonds. The summed E-state index contributed by atoms with van der Waals surface area (Å²) in [7, 11) is 3.09. The summed E-state index contributed by atoms with van der Waals surface area (Å²) in [6.45, 7) is 8.01. The van der Waals surface area contributed by atoms with Crippen LogP contribution in [0.3, 0.4) is 0 Å². The lowest BCUT2D eigenvalue weighted by atomic mass is 10.1. The molecule has 1 saturated heterocycles. The van der Waals surface area contributed by atoms with Gasteiger partial charge in [0.2, 0.25) is 5.91 Å². The maximum absolute atomic E-state index is 12.8. The van der Waals surface area contributed by atoms with Crippen molar-refractivity contribution >= 4 is 17.1 Å². The van der Waals surface area contributed by atoms with Crippen LogP contribution in [0.4, 0.5) is 0 Å². The van der Waals surface area contributed by atoms with E-state index in [0.29, 0.717) is 49.1 Å². The molecule has 0 aliphatic carbocycles. The van der Waals surface area contributed by atoms with Crippen molar-refractivity contribution in [2.75, 3.05) is 13.1 Å². The van der Waals surface area contributed by atoms with Crippen LogP contribution in [0.2, 0.25) is 0 Å². The van der Waals surface area contributed by atoms with E-state index in [1.807, 2.05) is 11.8 Å². The summed E-state index contributed by atoms with van der Waals surface area (Å²) in [5, 5.41) is 0. The Hall–Kier alpha value is -2.58. The maximum atomic E-state index is 12.8. The van der Waals surface area contributed by atoms with Gasteiger partial charge >= 0.3 is 5.69 Å². The number of imidazole rings is 1. The highest BCUT2D eigenvalue weighted by Crippen LogP contribution is 2.23. The quantitative estimate of drug-likeness (QED) is 0.722. The number of ether oxygens (including phenoxy) is 1. The number of aromatic nitrogens is 4. The second-order valence-corrected chi connectivity index (χ2v) is 8.16. The van der Waals surface area contributed by atoms with Gasteiger partial charge in [-0.05, 0) is 12.3 Å². The van der Waals surface area contributed by atoms with Gasteiger partial charge in [-0.3, -0.25) is 23.3 Å². The van der Waals surface area contributed by atoms with Gasteiger partial charge in [0.15, 0.2) is 11.2 Å². The first-order valence-corrected chi connectivity index (χ1v) is 10.3. The third kappa shape index (κ3) is 4.09. The number of hydrogen-bond donors (Lipinski definition) is 0. The average Bonchev–Trinajstić information content (AvgIpc) is 3.07. The van der Waals surface area contributed by atoms with Gasteiger partial charge in [-0.25, -0.2) is 4.79 Å². The number of fused-ring (bicyclic) bond motifs is 1. The second kappa shape index (κ2) is 8.42. The molecule has 0 saturated carbocycles. The number of carbonyl (C=O) groups excluding carboxylic acids is 1.